The number of carbonyl (C=O) groups is 1. The number of carbonyl (C=O) groups excluding carboxylic acids is 1. The highest BCUT2D eigenvalue weighted by Crippen LogP contribution is 2.37. The molecule has 3 N–H and O–H groups in total. The first-order chi connectivity index (χ1) is 14.7. The number of rotatable bonds is 6. The highest BCUT2D eigenvalue weighted by molar-refractivity contribution is 5.79. The number of anilines is 1. The summed E-state index contributed by atoms with van der Waals surface area (Å²) < 4.78 is 0. The molecule has 1 amide bonds. The number of H-pyrrole nitrogens is 1. The lowest BCUT2D eigenvalue weighted by atomic mass is 10.0. The maximum atomic E-state index is 12.5. The molecule has 1 fully saturated rings. The molecule has 1 saturated carbocycles. The van der Waals surface area contributed by atoms with E-state index >= 15 is 0 Å². The highest BCUT2D eigenvalue weighted by atomic mass is 16.1. The molecule has 2 aliphatic rings. The summed E-state index contributed by atoms with van der Waals surface area (Å²) in [5.74, 6) is 1.06. The van der Waals surface area contributed by atoms with Crippen LogP contribution >= 0.6 is 0 Å². The molecule has 2 aliphatic carbocycles. The van der Waals surface area contributed by atoms with Crippen molar-refractivity contribution >= 4 is 11.9 Å². The first kappa shape index (κ1) is 18.7. The van der Waals surface area contributed by atoms with Crippen LogP contribution < -0.4 is 10.6 Å². The molecule has 0 saturated heterocycles. The van der Waals surface area contributed by atoms with Crippen molar-refractivity contribution in [3.63, 3.8) is 0 Å². The zero-order chi connectivity index (χ0) is 20.3. The summed E-state index contributed by atoms with van der Waals surface area (Å²) in [5.41, 5.74) is 4.64. The molecule has 2 heterocycles. The van der Waals surface area contributed by atoms with Crippen molar-refractivity contribution in [2.75, 3.05) is 5.32 Å². The fourth-order valence-electron chi connectivity index (χ4n) is 4.59. The van der Waals surface area contributed by atoms with Crippen molar-refractivity contribution in [3.8, 4) is 0 Å². The van der Waals surface area contributed by atoms with E-state index < -0.39 is 0 Å². The topological polar surface area (TPSA) is 108 Å². The fourth-order valence-corrected chi connectivity index (χ4v) is 4.59. The Balaban J connectivity index is 1.10. The van der Waals surface area contributed by atoms with Gasteiger partial charge in [-0.15, -0.1) is 0 Å². The van der Waals surface area contributed by atoms with Gasteiger partial charge >= 0.3 is 0 Å². The van der Waals surface area contributed by atoms with E-state index in [9.17, 15) is 4.79 Å². The van der Waals surface area contributed by atoms with Gasteiger partial charge in [0.05, 0.1) is 11.9 Å². The van der Waals surface area contributed by atoms with Gasteiger partial charge in [0.15, 0.2) is 0 Å². The van der Waals surface area contributed by atoms with Gasteiger partial charge < -0.3 is 10.6 Å². The van der Waals surface area contributed by atoms with Gasteiger partial charge in [0.1, 0.15) is 0 Å². The number of amides is 1. The summed E-state index contributed by atoms with van der Waals surface area (Å²) in [5, 5.41) is 17.1. The number of hydrogen-bond donors (Lipinski definition) is 3. The van der Waals surface area contributed by atoms with Gasteiger partial charge in [-0.2, -0.15) is 15.4 Å². The first-order valence-corrected chi connectivity index (χ1v) is 10.5. The zero-order valence-electron chi connectivity index (χ0n) is 16.7. The van der Waals surface area contributed by atoms with Crippen molar-refractivity contribution in [3.05, 3.63) is 65.2 Å². The van der Waals surface area contributed by atoms with Crippen LogP contribution in [0.5, 0.6) is 0 Å². The lowest BCUT2D eigenvalue weighted by Crippen LogP contribution is -2.29. The van der Waals surface area contributed by atoms with E-state index in [-0.39, 0.29) is 11.8 Å². The van der Waals surface area contributed by atoms with E-state index in [2.05, 4.69) is 60.3 Å². The summed E-state index contributed by atoms with van der Waals surface area (Å²) >= 11 is 0. The van der Waals surface area contributed by atoms with E-state index in [0.717, 1.165) is 43.4 Å². The predicted molar refractivity (Wildman–Crippen MR) is 112 cm³/mol. The van der Waals surface area contributed by atoms with E-state index in [1.54, 1.807) is 18.6 Å². The summed E-state index contributed by atoms with van der Waals surface area (Å²) in [6, 6.07) is 8.86. The van der Waals surface area contributed by atoms with Crippen LogP contribution in [0.25, 0.3) is 0 Å². The van der Waals surface area contributed by atoms with Gasteiger partial charge in [-0.25, -0.2) is 9.97 Å². The van der Waals surface area contributed by atoms with E-state index in [0.29, 0.717) is 24.5 Å². The molecule has 154 valence electrons. The van der Waals surface area contributed by atoms with E-state index in [4.69, 9.17) is 0 Å². The lowest BCUT2D eigenvalue weighted by molar-refractivity contribution is -0.125. The molecule has 8 nitrogen and oxygen atoms in total. The van der Waals surface area contributed by atoms with E-state index in [1.165, 1.54) is 11.1 Å². The second-order valence-corrected chi connectivity index (χ2v) is 8.25. The van der Waals surface area contributed by atoms with Crippen LogP contribution in [0.1, 0.15) is 47.6 Å². The van der Waals surface area contributed by atoms with E-state index in [1.807, 2.05) is 0 Å². The number of aromatic nitrogens is 5. The van der Waals surface area contributed by atoms with Gasteiger partial charge in [0.25, 0.3) is 0 Å². The number of benzene rings is 1. The molecule has 1 aromatic carbocycles. The van der Waals surface area contributed by atoms with Crippen molar-refractivity contribution in [1.29, 1.82) is 0 Å². The second kappa shape index (κ2) is 8.22. The Morgan fingerprint density at radius 1 is 1.07 bits per heavy atom. The third-order valence-electron chi connectivity index (χ3n) is 6.21. The highest BCUT2D eigenvalue weighted by Gasteiger charge is 2.31. The standard InChI is InChI=1S/C22H25N7O/c30-21(18-6-5-17(7-18)20-13-26-29-28-20)23-10-14-11-24-22(25-12-14)27-19-8-15-3-1-2-4-16(15)9-19/h1-4,11-13,17-19H,5-10H2,(H,23,30)(H,24,25,27)(H,26,28,29). The molecule has 8 heteroatoms. The van der Waals surface area contributed by atoms with Crippen molar-refractivity contribution in [2.24, 2.45) is 5.92 Å². The molecule has 0 radical (unpaired) electrons. The third kappa shape index (κ3) is 4.03. The second-order valence-electron chi connectivity index (χ2n) is 8.25. The molecule has 0 aliphatic heterocycles. The Labute approximate surface area is 174 Å². The molecular weight excluding hydrogens is 378 g/mol. The van der Waals surface area contributed by atoms with Gasteiger partial charge in [-0.05, 0) is 43.2 Å². The third-order valence-corrected chi connectivity index (χ3v) is 6.21. The van der Waals surface area contributed by atoms with Crippen LogP contribution in [-0.4, -0.2) is 37.3 Å². The Morgan fingerprint density at radius 2 is 1.83 bits per heavy atom. The monoisotopic (exact) mass is 403 g/mol. The predicted octanol–water partition coefficient (Wildman–Crippen LogP) is 2.37. The maximum absolute atomic E-state index is 12.5. The number of nitrogens with zero attached hydrogens (tertiary/aromatic N) is 4. The van der Waals surface area contributed by atoms with Gasteiger partial charge in [0, 0.05) is 42.4 Å². The molecule has 2 unspecified atom stereocenters. The molecular formula is C22H25N7O. The normalized spacial score (nSPS) is 20.8. The molecule has 0 spiro atoms. The summed E-state index contributed by atoms with van der Waals surface area (Å²) in [6.07, 6.45) is 9.98. The average Bonchev–Trinajstić information content (AvgIpc) is 3.52. The van der Waals surface area contributed by atoms with Crippen LogP contribution in [0.4, 0.5) is 5.95 Å². The maximum Gasteiger partial charge on any atom is 0.223 e. The Hall–Kier alpha value is -3.29. The Morgan fingerprint density at radius 3 is 2.53 bits per heavy atom. The molecule has 3 aromatic rings. The summed E-state index contributed by atoms with van der Waals surface area (Å²) in [4.78, 5) is 21.4. The van der Waals surface area contributed by atoms with Crippen molar-refractivity contribution in [1.82, 2.24) is 30.7 Å². The van der Waals surface area contributed by atoms with Gasteiger partial charge in [0.2, 0.25) is 11.9 Å². The minimum atomic E-state index is 0.0255. The largest absolute Gasteiger partial charge is 0.352 e. The zero-order valence-corrected chi connectivity index (χ0v) is 16.7. The van der Waals surface area contributed by atoms with Crippen LogP contribution in [0.3, 0.4) is 0 Å². The number of hydrogen-bond acceptors (Lipinski definition) is 6. The number of fused-ring (bicyclic) bond motifs is 1. The quantitative estimate of drug-likeness (QED) is 0.583. The van der Waals surface area contributed by atoms with Crippen molar-refractivity contribution in [2.45, 2.75) is 50.6 Å². The van der Waals surface area contributed by atoms with Crippen molar-refractivity contribution < 1.29 is 4.79 Å². The molecule has 5 rings (SSSR count). The van der Waals surface area contributed by atoms with Crippen LogP contribution in [0, 0.1) is 5.92 Å². The minimum absolute atomic E-state index is 0.0255. The molecule has 0 bridgehead atoms. The molecule has 30 heavy (non-hydrogen) atoms. The van der Waals surface area contributed by atoms with Gasteiger partial charge in [-0.3, -0.25) is 4.79 Å². The lowest BCUT2D eigenvalue weighted by Gasteiger charge is -2.13. The Kier molecular flexibility index (Phi) is 5.13. The number of nitrogens with one attached hydrogen (secondary N) is 3. The van der Waals surface area contributed by atoms with Crippen LogP contribution in [0.2, 0.25) is 0 Å². The average molecular weight is 403 g/mol. The number of aromatic amines is 1. The summed E-state index contributed by atoms with van der Waals surface area (Å²) in [7, 11) is 0. The molecule has 2 atom stereocenters. The van der Waals surface area contributed by atoms with Gasteiger partial charge in [-0.1, -0.05) is 24.3 Å². The molecule has 2 aromatic heterocycles. The SMILES string of the molecule is O=C(NCc1cnc(NC2Cc3ccccc3C2)nc1)C1CCC(c2cn[nH]n2)C1. The Bertz CT molecular complexity index is 978. The fraction of sp³-hybridized carbons (Fsp3) is 0.409. The van der Waals surface area contributed by atoms with Crippen LogP contribution in [-0.2, 0) is 24.2 Å². The summed E-state index contributed by atoms with van der Waals surface area (Å²) in [6.45, 7) is 0.444. The van der Waals surface area contributed by atoms with Crippen LogP contribution in [0.15, 0.2) is 42.9 Å². The smallest absolute Gasteiger partial charge is 0.223 e. The minimum Gasteiger partial charge on any atom is -0.352 e. The first-order valence-electron chi connectivity index (χ1n) is 10.5.